The molecule has 4 nitrogen and oxygen atoms in total. The number of benzene rings is 1. The van der Waals surface area contributed by atoms with Crippen LogP contribution in [-0.4, -0.2) is 22.8 Å². The maximum atomic E-state index is 14.0. The molecule has 0 saturated carbocycles. The van der Waals surface area contributed by atoms with Crippen molar-refractivity contribution < 1.29 is 9.13 Å². The molecule has 0 amide bonds. The number of para-hydroxylation sites is 1. The highest BCUT2D eigenvalue weighted by Gasteiger charge is 2.27. The molecular weight excluding hydrogens is 233 g/mol. The molecule has 2 N–H and O–H groups in total. The van der Waals surface area contributed by atoms with Crippen LogP contribution in [0.4, 0.5) is 10.3 Å². The van der Waals surface area contributed by atoms with Gasteiger partial charge in [0, 0.05) is 18.6 Å². The van der Waals surface area contributed by atoms with Gasteiger partial charge in [-0.1, -0.05) is 13.0 Å². The minimum atomic E-state index is -0.268. The van der Waals surface area contributed by atoms with Gasteiger partial charge in [-0.3, -0.25) is 0 Å². The number of aromatic nitrogens is 2. The van der Waals surface area contributed by atoms with Gasteiger partial charge < -0.3 is 15.0 Å². The van der Waals surface area contributed by atoms with E-state index in [1.54, 1.807) is 12.1 Å². The summed E-state index contributed by atoms with van der Waals surface area (Å²) in [5.41, 5.74) is 7.08. The van der Waals surface area contributed by atoms with Crippen LogP contribution in [0.1, 0.15) is 19.4 Å². The second-order valence-electron chi connectivity index (χ2n) is 4.86. The monoisotopic (exact) mass is 249 g/mol. The lowest BCUT2D eigenvalue weighted by molar-refractivity contribution is 0.0303. The average molecular weight is 249 g/mol. The van der Waals surface area contributed by atoms with Gasteiger partial charge in [0.1, 0.15) is 11.3 Å². The number of halogens is 1. The van der Waals surface area contributed by atoms with E-state index in [4.69, 9.17) is 10.5 Å². The van der Waals surface area contributed by atoms with Crippen molar-refractivity contribution in [2.75, 3.05) is 18.9 Å². The largest absolute Gasteiger partial charge is 0.381 e. The van der Waals surface area contributed by atoms with Crippen LogP contribution < -0.4 is 5.73 Å². The first-order valence-corrected chi connectivity index (χ1v) is 6.18. The Bertz CT molecular complexity index is 581. The van der Waals surface area contributed by atoms with Gasteiger partial charge in [0.05, 0.1) is 12.1 Å². The van der Waals surface area contributed by atoms with Gasteiger partial charge in [0.15, 0.2) is 0 Å². The molecule has 3 rings (SSSR count). The number of hydrogen-bond acceptors (Lipinski definition) is 3. The van der Waals surface area contributed by atoms with Gasteiger partial charge >= 0.3 is 0 Å². The lowest BCUT2D eigenvalue weighted by atomic mass is 9.97. The molecule has 5 heteroatoms. The van der Waals surface area contributed by atoms with Crippen molar-refractivity contribution in [1.29, 1.82) is 0 Å². The number of nitrogens with two attached hydrogens (primary N) is 1. The normalized spacial score (nSPS) is 24.6. The van der Waals surface area contributed by atoms with Crippen LogP contribution in [0.25, 0.3) is 11.0 Å². The van der Waals surface area contributed by atoms with Crippen molar-refractivity contribution in [2.24, 2.45) is 5.92 Å². The average Bonchev–Trinajstić information content (AvgIpc) is 2.68. The Hall–Kier alpha value is -1.62. The van der Waals surface area contributed by atoms with Gasteiger partial charge in [0.2, 0.25) is 5.95 Å². The number of fused-ring (bicyclic) bond motifs is 1. The molecule has 1 saturated heterocycles. The zero-order valence-corrected chi connectivity index (χ0v) is 10.3. The third kappa shape index (κ3) is 1.66. The highest BCUT2D eigenvalue weighted by molar-refractivity contribution is 5.79. The fourth-order valence-corrected chi connectivity index (χ4v) is 2.71. The predicted molar refractivity (Wildman–Crippen MR) is 67.7 cm³/mol. The number of rotatable bonds is 1. The number of hydrogen-bond donors (Lipinski definition) is 1. The zero-order valence-electron chi connectivity index (χ0n) is 10.3. The number of nitrogens with zero attached hydrogens (tertiary/aromatic N) is 2. The van der Waals surface area contributed by atoms with Crippen molar-refractivity contribution in [3.8, 4) is 0 Å². The topological polar surface area (TPSA) is 53.1 Å². The molecule has 18 heavy (non-hydrogen) atoms. The Kier molecular flexibility index (Phi) is 2.70. The molecule has 96 valence electrons. The molecule has 1 aromatic heterocycles. The summed E-state index contributed by atoms with van der Waals surface area (Å²) in [5, 5.41) is 0. The van der Waals surface area contributed by atoms with Gasteiger partial charge in [-0.25, -0.2) is 9.37 Å². The maximum absolute atomic E-state index is 14.0. The van der Waals surface area contributed by atoms with Gasteiger partial charge in [-0.05, 0) is 18.6 Å². The summed E-state index contributed by atoms with van der Waals surface area (Å²) in [5.74, 6) is 0.419. The molecule has 2 atom stereocenters. The van der Waals surface area contributed by atoms with Crippen LogP contribution in [0, 0.1) is 11.7 Å². The van der Waals surface area contributed by atoms with E-state index in [1.807, 2.05) is 4.57 Å². The number of imidazole rings is 1. The lowest BCUT2D eigenvalue weighted by Gasteiger charge is -2.31. The van der Waals surface area contributed by atoms with Gasteiger partial charge in [-0.15, -0.1) is 0 Å². The van der Waals surface area contributed by atoms with E-state index in [0.29, 0.717) is 36.1 Å². The van der Waals surface area contributed by atoms with Crippen molar-refractivity contribution in [1.82, 2.24) is 9.55 Å². The van der Waals surface area contributed by atoms with E-state index < -0.39 is 0 Å². The Labute approximate surface area is 105 Å². The van der Waals surface area contributed by atoms with Crippen molar-refractivity contribution >= 4 is 17.0 Å². The van der Waals surface area contributed by atoms with Crippen LogP contribution in [0.2, 0.25) is 0 Å². The molecule has 0 radical (unpaired) electrons. The van der Waals surface area contributed by atoms with E-state index in [0.717, 1.165) is 6.42 Å². The highest BCUT2D eigenvalue weighted by Crippen LogP contribution is 2.33. The standard InChI is InChI=1S/C13H16FN3O/c1-8-7-18-6-5-11(8)17-12-9(14)3-2-4-10(12)16-13(17)15/h2-4,8,11H,5-7H2,1H3,(H2,15,16). The van der Waals surface area contributed by atoms with E-state index in [1.165, 1.54) is 6.07 Å². The second kappa shape index (κ2) is 4.24. The van der Waals surface area contributed by atoms with Crippen molar-refractivity contribution in [2.45, 2.75) is 19.4 Å². The third-order valence-corrected chi connectivity index (χ3v) is 3.62. The lowest BCUT2D eigenvalue weighted by Crippen LogP contribution is -2.28. The summed E-state index contributed by atoms with van der Waals surface area (Å²) in [6, 6.07) is 5.04. The third-order valence-electron chi connectivity index (χ3n) is 3.62. The molecule has 0 spiro atoms. The summed E-state index contributed by atoms with van der Waals surface area (Å²) < 4.78 is 21.2. The molecule has 1 aliphatic heterocycles. The molecule has 0 aliphatic carbocycles. The molecule has 2 heterocycles. The first kappa shape index (κ1) is 11.5. The van der Waals surface area contributed by atoms with Crippen LogP contribution in [-0.2, 0) is 4.74 Å². The molecular formula is C13H16FN3O. The predicted octanol–water partition coefficient (Wildman–Crippen LogP) is 2.36. The van der Waals surface area contributed by atoms with E-state index in [9.17, 15) is 4.39 Å². The Morgan fingerprint density at radius 3 is 3.11 bits per heavy atom. The van der Waals surface area contributed by atoms with Gasteiger partial charge in [-0.2, -0.15) is 0 Å². The summed E-state index contributed by atoms with van der Waals surface area (Å²) >= 11 is 0. The minimum Gasteiger partial charge on any atom is -0.381 e. The summed E-state index contributed by atoms with van der Waals surface area (Å²) in [6.45, 7) is 3.46. The fraction of sp³-hybridized carbons (Fsp3) is 0.462. The molecule has 2 aromatic rings. The highest BCUT2D eigenvalue weighted by atomic mass is 19.1. The smallest absolute Gasteiger partial charge is 0.201 e. The molecule has 2 unspecified atom stereocenters. The van der Waals surface area contributed by atoms with Crippen molar-refractivity contribution in [3.05, 3.63) is 24.0 Å². The van der Waals surface area contributed by atoms with E-state index >= 15 is 0 Å². The van der Waals surface area contributed by atoms with Crippen LogP contribution in [0.15, 0.2) is 18.2 Å². The molecule has 0 bridgehead atoms. The van der Waals surface area contributed by atoms with Crippen LogP contribution >= 0.6 is 0 Å². The zero-order chi connectivity index (χ0) is 12.7. The molecule has 1 fully saturated rings. The summed E-state index contributed by atoms with van der Waals surface area (Å²) in [7, 11) is 0. The first-order chi connectivity index (χ1) is 8.68. The molecule has 1 aromatic carbocycles. The summed E-state index contributed by atoms with van der Waals surface area (Å²) in [4.78, 5) is 4.24. The SMILES string of the molecule is CC1COCCC1n1c(N)nc2cccc(F)c21. The number of nitrogen functional groups attached to an aromatic ring is 1. The van der Waals surface area contributed by atoms with E-state index in [2.05, 4.69) is 11.9 Å². The Morgan fingerprint density at radius 1 is 1.50 bits per heavy atom. The van der Waals surface area contributed by atoms with E-state index in [-0.39, 0.29) is 11.9 Å². The quantitative estimate of drug-likeness (QED) is 0.844. The fourth-order valence-electron chi connectivity index (χ4n) is 2.71. The maximum Gasteiger partial charge on any atom is 0.201 e. The van der Waals surface area contributed by atoms with Crippen LogP contribution in [0.5, 0.6) is 0 Å². The van der Waals surface area contributed by atoms with Gasteiger partial charge in [0.25, 0.3) is 0 Å². The number of ether oxygens (including phenoxy) is 1. The first-order valence-electron chi connectivity index (χ1n) is 6.18. The van der Waals surface area contributed by atoms with Crippen LogP contribution in [0.3, 0.4) is 0 Å². The minimum absolute atomic E-state index is 0.153. The number of anilines is 1. The Balaban J connectivity index is 2.18. The summed E-state index contributed by atoms with van der Waals surface area (Å²) in [6.07, 6.45) is 0.838. The Morgan fingerprint density at radius 2 is 2.33 bits per heavy atom. The second-order valence-corrected chi connectivity index (χ2v) is 4.86. The molecule has 1 aliphatic rings. The van der Waals surface area contributed by atoms with Crippen molar-refractivity contribution in [3.63, 3.8) is 0 Å².